The molecule has 0 fully saturated rings. The second kappa shape index (κ2) is 7.47. The molecule has 0 aliphatic heterocycles. The maximum atomic E-state index is 12.3. The van der Waals surface area contributed by atoms with Crippen LogP contribution in [0.2, 0.25) is 0 Å². The van der Waals surface area contributed by atoms with Crippen LogP contribution in [-0.4, -0.2) is 46.4 Å². The summed E-state index contributed by atoms with van der Waals surface area (Å²) in [5.74, 6) is -1.66. The average molecular weight is 296 g/mol. The Balaban J connectivity index is 2.66. The standard InChI is InChI=1S/C14H20N2O5/c1-4-16(9(2)8-12(17)18)14(20)10(3)15-13(19)11-6-5-7-21-11/h5-7,9-10H,4,8H2,1-3H3,(H,15,19)(H,17,18). The van der Waals surface area contributed by atoms with Crippen molar-refractivity contribution >= 4 is 17.8 Å². The van der Waals surface area contributed by atoms with Gasteiger partial charge < -0.3 is 19.7 Å². The summed E-state index contributed by atoms with van der Waals surface area (Å²) < 4.78 is 4.95. The zero-order chi connectivity index (χ0) is 16.0. The van der Waals surface area contributed by atoms with Crippen LogP contribution in [-0.2, 0) is 9.59 Å². The number of likely N-dealkylation sites (N-methyl/N-ethyl adjacent to an activating group) is 1. The SMILES string of the molecule is CCN(C(=O)C(C)NC(=O)c1ccco1)C(C)CC(=O)O. The molecular weight excluding hydrogens is 276 g/mol. The van der Waals surface area contributed by atoms with Gasteiger partial charge in [-0.2, -0.15) is 0 Å². The van der Waals surface area contributed by atoms with Crippen LogP contribution in [0.3, 0.4) is 0 Å². The Kier molecular flexibility index (Phi) is 5.95. The molecule has 21 heavy (non-hydrogen) atoms. The second-order valence-electron chi connectivity index (χ2n) is 4.74. The summed E-state index contributed by atoms with van der Waals surface area (Å²) in [7, 11) is 0. The van der Waals surface area contributed by atoms with Crippen LogP contribution in [0.25, 0.3) is 0 Å². The molecule has 0 spiro atoms. The minimum Gasteiger partial charge on any atom is -0.481 e. The van der Waals surface area contributed by atoms with Crippen LogP contribution < -0.4 is 5.32 Å². The molecule has 2 unspecified atom stereocenters. The molecule has 0 saturated heterocycles. The van der Waals surface area contributed by atoms with Gasteiger partial charge in [-0.3, -0.25) is 14.4 Å². The van der Waals surface area contributed by atoms with Gasteiger partial charge >= 0.3 is 5.97 Å². The number of furan rings is 1. The first-order valence-corrected chi connectivity index (χ1v) is 6.73. The number of nitrogens with zero attached hydrogens (tertiary/aromatic N) is 1. The predicted molar refractivity (Wildman–Crippen MR) is 74.7 cm³/mol. The molecule has 7 nitrogen and oxygen atoms in total. The molecule has 0 aromatic carbocycles. The number of carboxylic acid groups (broad SMARTS) is 1. The molecule has 0 aliphatic rings. The minimum absolute atomic E-state index is 0.122. The number of amides is 2. The highest BCUT2D eigenvalue weighted by Crippen LogP contribution is 2.07. The predicted octanol–water partition coefficient (Wildman–Crippen LogP) is 1.11. The summed E-state index contributed by atoms with van der Waals surface area (Å²) in [6, 6.07) is 1.87. The van der Waals surface area contributed by atoms with Gasteiger partial charge in [-0.1, -0.05) is 0 Å². The van der Waals surface area contributed by atoms with Crippen LogP contribution in [0.15, 0.2) is 22.8 Å². The molecule has 116 valence electrons. The molecule has 7 heteroatoms. The number of rotatable bonds is 7. The van der Waals surface area contributed by atoms with E-state index in [1.54, 1.807) is 26.8 Å². The first kappa shape index (κ1) is 16.7. The maximum Gasteiger partial charge on any atom is 0.305 e. The van der Waals surface area contributed by atoms with Crippen molar-refractivity contribution in [2.24, 2.45) is 0 Å². The molecule has 2 amide bonds. The van der Waals surface area contributed by atoms with E-state index >= 15 is 0 Å². The van der Waals surface area contributed by atoms with Gasteiger partial charge in [0, 0.05) is 12.6 Å². The lowest BCUT2D eigenvalue weighted by Gasteiger charge is -2.29. The van der Waals surface area contributed by atoms with Crippen LogP contribution in [0.1, 0.15) is 37.7 Å². The van der Waals surface area contributed by atoms with Crippen molar-refractivity contribution in [3.05, 3.63) is 24.2 Å². The zero-order valence-corrected chi connectivity index (χ0v) is 12.3. The number of nitrogens with one attached hydrogen (secondary N) is 1. The van der Waals surface area contributed by atoms with Crippen molar-refractivity contribution in [3.63, 3.8) is 0 Å². The molecule has 2 atom stereocenters. The third-order valence-corrected chi connectivity index (χ3v) is 3.09. The van der Waals surface area contributed by atoms with E-state index in [4.69, 9.17) is 9.52 Å². The molecule has 1 aromatic heterocycles. The van der Waals surface area contributed by atoms with Crippen molar-refractivity contribution in [2.45, 2.75) is 39.3 Å². The number of carboxylic acids is 1. The topological polar surface area (TPSA) is 99.9 Å². The average Bonchev–Trinajstić information content (AvgIpc) is 2.92. The highest BCUT2D eigenvalue weighted by molar-refractivity contribution is 5.95. The van der Waals surface area contributed by atoms with Gasteiger partial charge in [-0.05, 0) is 32.9 Å². The van der Waals surface area contributed by atoms with E-state index in [9.17, 15) is 14.4 Å². The van der Waals surface area contributed by atoms with E-state index in [-0.39, 0.29) is 18.1 Å². The van der Waals surface area contributed by atoms with Gasteiger partial charge in [-0.25, -0.2) is 0 Å². The Morgan fingerprint density at radius 3 is 2.52 bits per heavy atom. The van der Waals surface area contributed by atoms with Crippen LogP contribution >= 0.6 is 0 Å². The van der Waals surface area contributed by atoms with E-state index in [1.807, 2.05) is 0 Å². The highest BCUT2D eigenvalue weighted by atomic mass is 16.4. The Hall–Kier alpha value is -2.31. The second-order valence-corrected chi connectivity index (χ2v) is 4.74. The summed E-state index contributed by atoms with van der Waals surface area (Å²) in [6.07, 6.45) is 1.23. The maximum absolute atomic E-state index is 12.3. The lowest BCUT2D eigenvalue weighted by Crippen LogP contribution is -2.50. The minimum atomic E-state index is -0.971. The third kappa shape index (κ3) is 4.62. The number of aliphatic carboxylic acids is 1. The molecule has 1 heterocycles. The smallest absolute Gasteiger partial charge is 0.305 e. The third-order valence-electron chi connectivity index (χ3n) is 3.09. The van der Waals surface area contributed by atoms with E-state index in [0.29, 0.717) is 6.54 Å². The lowest BCUT2D eigenvalue weighted by molar-refractivity contribution is -0.141. The summed E-state index contributed by atoms with van der Waals surface area (Å²) >= 11 is 0. The van der Waals surface area contributed by atoms with E-state index in [0.717, 1.165) is 0 Å². The fourth-order valence-corrected chi connectivity index (χ4v) is 2.03. The summed E-state index contributed by atoms with van der Waals surface area (Å²) in [5, 5.41) is 11.3. The molecule has 1 aromatic rings. The van der Waals surface area contributed by atoms with E-state index in [2.05, 4.69) is 5.32 Å². The Labute approximate surface area is 122 Å². The molecule has 0 saturated carbocycles. The number of carbonyl (C=O) groups excluding carboxylic acids is 2. The van der Waals surface area contributed by atoms with Gasteiger partial charge in [0.25, 0.3) is 5.91 Å². The molecular formula is C14H20N2O5. The van der Waals surface area contributed by atoms with Crippen molar-refractivity contribution in [2.75, 3.05) is 6.54 Å². The summed E-state index contributed by atoms with van der Waals surface area (Å²) in [4.78, 5) is 36.3. The van der Waals surface area contributed by atoms with Crippen LogP contribution in [0.4, 0.5) is 0 Å². The molecule has 0 aliphatic carbocycles. The first-order chi connectivity index (χ1) is 9.86. The van der Waals surface area contributed by atoms with E-state index in [1.165, 1.54) is 17.2 Å². The molecule has 0 radical (unpaired) electrons. The largest absolute Gasteiger partial charge is 0.481 e. The van der Waals surface area contributed by atoms with Crippen LogP contribution in [0, 0.1) is 0 Å². The number of hydrogen-bond acceptors (Lipinski definition) is 4. The van der Waals surface area contributed by atoms with Crippen molar-refractivity contribution in [1.29, 1.82) is 0 Å². The van der Waals surface area contributed by atoms with Gasteiger partial charge in [0.05, 0.1) is 12.7 Å². The summed E-state index contributed by atoms with van der Waals surface area (Å²) in [6.45, 7) is 5.35. The highest BCUT2D eigenvalue weighted by Gasteiger charge is 2.26. The van der Waals surface area contributed by atoms with Gasteiger partial charge in [0.1, 0.15) is 6.04 Å². The molecule has 1 rings (SSSR count). The number of carbonyl (C=O) groups is 3. The van der Waals surface area contributed by atoms with Crippen molar-refractivity contribution in [3.8, 4) is 0 Å². The fourth-order valence-electron chi connectivity index (χ4n) is 2.03. The summed E-state index contributed by atoms with van der Waals surface area (Å²) in [5.41, 5.74) is 0. The number of hydrogen-bond donors (Lipinski definition) is 2. The Morgan fingerprint density at radius 1 is 1.38 bits per heavy atom. The van der Waals surface area contributed by atoms with Gasteiger partial charge in [0.2, 0.25) is 5.91 Å². The monoisotopic (exact) mass is 296 g/mol. The first-order valence-electron chi connectivity index (χ1n) is 6.73. The quantitative estimate of drug-likeness (QED) is 0.785. The zero-order valence-electron chi connectivity index (χ0n) is 12.3. The Bertz CT molecular complexity index is 497. The van der Waals surface area contributed by atoms with Crippen molar-refractivity contribution < 1.29 is 23.9 Å². The van der Waals surface area contributed by atoms with Crippen LogP contribution in [0.5, 0.6) is 0 Å². The van der Waals surface area contributed by atoms with Crippen molar-refractivity contribution in [1.82, 2.24) is 10.2 Å². The molecule has 0 bridgehead atoms. The van der Waals surface area contributed by atoms with Gasteiger partial charge in [0.15, 0.2) is 5.76 Å². The van der Waals surface area contributed by atoms with E-state index < -0.39 is 24.0 Å². The Morgan fingerprint density at radius 2 is 2.05 bits per heavy atom. The fraction of sp³-hybridized carbons (Fsp3) is 0.500. The lowest BCUT2D eigenvalue weighted by atomic mass is 10.1. The molecule has 2 N–H and O–H groups in total. The van der Waals surface area contributed by atoms with Gasteiger partial charge in [-0.15, -0.1) is 0 Å². The normalized spacial score (nSPS) is 13.3.